The third-order valence-electron chi connectivity index (χ3n) is 2.45. The lowest BCUT2D eigenvalue weighted by Gasteiger charge is -1.94. The molecule has 0 atom stereocenters. The zero-order valence-corrected chi connectivity index (χ0v) is 8.37. The fourth-order valence-corrected chi connectivity index (χ4v) is 1.64. The van der Waals surface area contributed by atoms with E-state index in [1.165, 1.54) is 12.1 Å². The summed E-state index contributed by atoms with van der Waals surface area (Å²) in [6.45, 7) is 0. The SMILES string of the molecule is Fc1ccc(-c2nc3c[c]ccc3[nH]2)cc1. The number of imidazole rings is 1. The van der Waals surface area contributed by atoms with Crippen LogP contribution in [0.1, 0.15) is 0 Å². The molecule has 0 aliphatic heterocycles. The number of fused-ring (bicyclic) bond motifs is 1. The number of benzene rings is 2. The van der Waals surface area contributed by atoms with Gasteiger partial charge < -0.3 is 4.98 Å². The van der Waals surface area contributed by atoms with Crippen molar-refractivity contribution in [1.82, 2.24) is 9.97 Å². The molecule has 3 aromatic rings. The van der Waals surface area contributed by atoms with Crippen molar-refractivity contribution in [3.8, 4) is 11.4 Å². The third kappa shape index (κ3) is 1.46. The lowest BCUT2D eigenvalue weighted by molar-refractivity contribution is 0.628. The summed E-state index contributed by atoms with van der Waals surface area (Å²) in [5.41, 5.74) is 2.69. The molecular weight excluding hydrogens is 203 g/mol. The Morgan fingerprint density at radius 2 is 1.94 bits per heavy atom. The van der Waals surface area contributed by atoms with Crippen LogP contribution >= 0.6 is 0 Å². The van der Waals surface area contributed by atoms with Crippen LogP contribution in [0.25, 0.3) is 22.4 Å². The third-order valence-corrected chi connectivity index (χ3v) is 2.45. The molecule has 0 aliphatic carbocycles. The molecule has 0 saturated carbocycles. The molecule has 0 saturated heterocycles. The molecule has 0 spiro atoms. The summed E-state index contributed by atoms with van der Waals surface area (Å²) < 4.78 is 12.8. The van der Waals surface area contributed by atoms with E-state index >= 15 is 0 Å². The highest BCUT2D eigenvalue weighted by atomic mass is 19.1. The van der Waals surface area contributed by atoms with E-state index in [2.05, 4.69) is 16.0 Å². The lowest BCUT2D eigenvalue weighted by atomic mass is 10.2. The number of nitrogens with one attached hydrogen (secondary N) is 1. The van der Waals surface area contributed by atoms with Crippen molar-refractivity contribution in [2.24, 2.45) is 0 Å². The minimum Gasteiger partial charge on any atom is -0.338 e. The van der Waals surface area contributed by atoms with Crippen LogP contribution in [0, 0.1) is 11.9 Å². The smallest absolute Gasteiger partial charge is 0.138 e. The Balaban J connectivity index is 2.15. The van der Waals surface area contributed by atoms with Crippen LogP contribution in [0.4, 0.5) is 4.39 Å². The van der Waals surface area contributed by atoms with Gasteiger partial charge in [0.1, 0.15) is 11.6 Å². The Morgan fingerprint density at radius 1 is 1.12 bits per heavy atom. The Kier molecular flexibility index (Phi) is 1.96. The maximum atomic E-state index is 12.8. The fourth-order valence-electron chi connectivity index (χ4n) is 1.64. The van der Waals surface area contributed by atoms with Gasteiger partial charge in [-0.3, -0.25) is 0 Å². The quantitative estimate of drug-likeness (QED) is 0.658. The van der Waals surface area contributed by atoms with Crippen molar-refractivity contribution in [2.75, 3.05) is 0 Å². The molecule has 2 aromatic carbocycles. The first-order chi connectivity index (χ1) is 7.83. The zero-order chi connectivity index (χ0) is 11.0. The van der Waals surface area contributed by atoms with Gasteiger partial charge in [0.25, 0.3) is 0 Å². The highest BCUT2D eigenvalue weighted by Gasteiger charge is 2.04. The normalized spacial score (nSPS) is 10.8. The van der Waals surface area contributed by atoms with Crippen molar-refractivity contribution in [3.05, 3.63) is 54.3 Å². The Morgan fingerprint density at radius 3 is 2.69 bits per heavy atom. The van der Waals surface area contributed by atoms with Gasteiger partial charge in [-0.05, 0) is 42.5 Å². The monoisotopic (exact) mass is 211 g/mol. The van der Waals surface area contributed by atoms with E-state index in [-0.39, 0.29) is 5.82 Å². The van der Waals surface area contributed by atoms with E-state index in [4.69, 9.17) is 0 Å². The van der Waals surface area contributed by atoms with E-state index in [9.17, 15) is 4.39 Å². The van der Waals surface area contributed by atoms with Gasteiger partial charge >= 0.3 is 0 Å². The van der Waals surface area contributed by atoms with Crippen LogP contribution in [0.15, 0.2) is 42.5 Å². The molecule has 0 unspecified atom stereocenters. The molecule has 77 valence electrons. The van der Waals surface area contributed by atoms with Gasteiger partial charge in [-0.25, -0.2) is 9.37 Å². The lowest BCUT2D eigenvalue weighted by Crippen LogP contribution is -1.80. The van der Waals surface area contributed by atoms with E-state index in [0.29, 0.717) is 0 Å². The number of aromatic nitrogens is 2. The summed E-state index contributed by atoms with van der Waals surface area (Å²) in [4.78, 5) is 7.58. The highest BCUT2D eigenvalue weighted by molar-refractivity contribution is 5.78. The summed E-state index contributed by atoms with van der Waals surface area (Å²) in [6, 6.07) is 14.8. The second kappa shape index (κ2) is 3.45. The van der Waals surface area contributed by atoms with Crippen LogP contribution in [0.5, 0.6) is 0 Å². The second-order valence-corrected chi connectivity index (χ2v) is 3.54. The van der Waals surface area contributed by atoms with Crippen molar-refractivity contribution >= 4 is 11.0 Å². The molecule has 3 rings (SSSR count). The van der Waals surface area contributed by atoms with Gasteiger partial charge in [0, 0.05) is 5.56 Å². The number of rotatable bonds is 1. The topological polar surface area (TPSA) is 28.7 Å². The molecule has 1 N–H and O–H groups in total. The standard InChI is InChI=1S/C13H8FN2/c14-10-7-5-9(6-8-10)13-15-11-3-1-2-4-12(11)16-13/h1,3-8H,(H,15,16). The maximum Gasteiger partial charge on any atom is 0.138 e. The van der Waals surface area contributed by atoms with Crippen LogP contribution in [0.2, 0.25) is 0 Å². The Bertz CT molecular complexity index is 593. The minimum absolute atomic E-state index is 0.242. The predicted molar refractivity (Wildman–Crippen MR) is 60.3 cm³/mol. The van der Waals surface area contributed by atoms with Gasteiger partial charge in [-0.15, -0.1) is 0 Å². The molecule has 0 aliphatic rings. The van der Waals surface area contributed by atoms with Crippen molar-refractivity contribution in [1.29, 1.82) is 0 Å². The first-order valence-electron chi connectivity index (χ1n) is 4.95. The number of hydrogen-bond donors (Lipinski definition) is 1. The summed E-state index contributed by atoms with van der Waals surface area (Å²) in [5, 5.41) is 0. The molecule has 1 aromatic heterocycles. The van der Waals surface area contributed by atoms with Crippen molar-refractivity contribution < 1.29 is 4.39 Å². The second-order valence-electron chi connectivity index (χ2n) is 3.54. The van der Waals surface area contributed by atoms with Crippen molar-refractivity contribution in [3.63, 3.8) is 0 Å². The van der Waals surface area contributed by atoms with Gasteiger partial charge in [-0.1, -0.05) is 6.07 Å². The van der Waals surface area contributed by atoms with Crippen LogP contribution < -0.4 is 0 Å². The maximum absolute atomic E-state index is 12.8. The van der Waals surface area contributed by atoms with Gasteiger partial charge in [0.15, 0.2) is 0 Å². The summed E-state index contributed by atoms with van der Waals surface area (Å²) >= 11 is 0. The summed E-state index contributed by atoms with van der Waals surface area (Å²) in [6.07, 6.45) is 0. The predicted octanol–water partition coefficient (Wildman–Crippen LogP) is 3.17. The van der Waals surface area contributed by atoms with Crippen LogP contribution in [-0.2, 0) is 0 Å². The van der Waals surface area contributed by atoms with Crippen LogP contribution in [0.3, 0.4) is 0 Å². The molecule has 2 nitrogen and oxygen atoms in total. The zero-order valence-electron chi connectivity index (χ0n) is 8.37. The summed E-state index contributed by atoms with van der Waals surface area (Å²) in [7, 11) is 0. The van der Waals surface area contributed by atoms with Gasteiger partial charge in [-0.2, -0.15) is 0 Å². The average molecular weight is 211 g/mol. The molecule has 0 bridgehead atoms. The first-order valence-corrected chi connectivity index (χ1v) is 4.95. The molecule has 1 radical (unpaired) electrons. The highest BCUT2D eigenvalue weighted by Crippen LogP contribution is 2.20. The number of aromatic amines is 1. The van der Waals surface area contributed by atoms with Gasteiger partial charge in [0.05, 0.1) is 11.0 Å². The van der Waals surface area contributed by atoms with E-state index < -0.39 is 0 Å². The number of nitrogens with zero attached hydrogens (tertiary/aromatic N) is 1. The van der Waals surface area contributed by atoms with Crippen LogP contribution in [-0.4, -0.2) is 9.97 Å². The van der Waals surface area contributed by atoms with Crippen molar-refractivity contribution in [2.45, 2.75) is 0 Å². The first kappa shape index (κ1) is 9.09. The van der Waals surface area contributed by atoms with E-state index in [1.807, 2.05) is 18.2 Å². The molecule has 1 heterocycles. The largest absolute Gasteiger partial charge is 0.338 e. The number of halogens is 1. The van der Waals surface area contributed by atoms with Gasteiger partial charge in [0.2, 0.25) is 0 Å². The minimum atomic E-state index is -0.242. The molecule has 0 fully saturated rings. The van der Waals surface area contributed by atoms with E-state index in [0.717, 1.165) is 22.4 Å². The Hall–Kier alpha value is -2.16. The molecule has 16 heavy (non-hydrogen) atoms. The number of H-pyrrole nitrogens is 1. The molecule has 0 amide bonds. The molecule has 3 heteroatoms. The van der Waals surface area contributed by atoms with E-state index in [1.54, 1.807) is 12.1 Å². The summed E-state index contributed by atoms with van der Waals surface area (Å²) in [5.74, 6) is 0.503. The Labute approximate surface area is 91.8 Å². The number of hydrogen-bond acceptors (Lipinski definition) is 1. The fraction of sp³-hybridized carbons (Fsp3) is 0. The molecular formula is C13H8FN2. The average Bonchev–Trinajstić information content (AvgIpc) is 2.73.